The number of halogens is 1. The summed E-state index contributed by atoms with van der Waals surface area (Å²) in [5, 5.41) is 13.3. The second kappa shape index (κ2) is 5.25. The van der Waals surface area contributed by atoms with Crippen molar-refractivity contribution in [2.24, 2.45) is 0 Å². The van der Waals surface area contributed by atoms with Crippen LogP contribution in [0.25, 0.3) is 0 Å². The number of nitrogens with zero attached hydrogens (tertiary/aromatic N) is 1. The number of hydrogen-bond acceptors (Lipinski definition) is 5. The average molecular weight is 298 g/mol. The van der Waals surface area contributed by atoms with Crippen molar-refractivity contribution in [3.8, 4) is 0 Å². The van der Waals surface area contributed by atoms with Crippen molar-refractivity contribution in [3.05, 3.63) is 39.9 Å². The number of carboxylic acids is 1. The summed E-state index contributed by atoms with van der Waals surface area (Å²) in [5.74, 6) is -1.55. The van der Waals surface area contributed by atoms with Crippen molar-refractivity contribution in [2.45, 2.75) is 0 Å². The quantitative estimate of drug-likeness (QED) is 0.806. The Morgan fingerprint density at radius 3 is 2.68 bits per heavy atom. The van der Waals surface area contributed by atoms with Crippen LogP contribution in [0, 0.1) is 0 Å². The zero-order chi connectivity index (χ0) is 14.0. The summed E-state index contributed by atoms with van der Waals surface area (Å²) in [6.45, 7) is 0. The van der Waals surface area contributed by atoms with E-state index in [1.807, 2.05) is 0 Å². The molecule has 0 unspecified atom stereocenters. The van der Waals surface area contributed by atoms with Gasteiger partial charge in [0.2, 0.25) is 0 Å². The number of benzene rings is 1. The topological polar surface area (TPSA) is 105 Å². The Balaban J connectivity index is 2.20. The van der Waals surface area contributed by atoms with Crippen LogP contribution in [0.15, 0.2) is 23.6 Å². The van der Waals surface area contributed by atoms with Crippen molar-refractivity contribution in [1.82, 2.24) is 4.98 Å². The van der Waals surface area contributed by atoms with Crippen LogP contribution in [-0.4, -0.2) is 22.0 Å². The standard InChI is InChI=1S/C11H8ClN3O3S/c12-6-3-5(10(17)18)1-2-7(6)14-9(16)8-4-19-11(13)15-8/h1-4H,(H2,13,15)(H,14,16)(H,17,18). The van der Waals surface area contributed by atoms with Crippen LogP contribution in [0.4, 0.5) is 10.8 Å². The molecule has 0 radical (unpaired) electrons. The number of anilines is 2. The average Bonchev–Trinajstić information content (AvgIpc) is 2.78. The molecule has 1 amide bonds. The highest BCUT2D eigenvalue weighted by atomic mass is 35.5. The lowest BCUT2D eigenvalue weighted by Gasteiger charge is -2.06. The first-order valence-electron chi connectivity index (χ1n) is 5.02. The molecule has 0 bridgehead atoms. The van der Waals surface area contributed by atoms with Gasteiger partial charge < -0.3 is 16.2 Å². The van der Waals surface area contributed by atoms with Crippen molar-refractivity contribution >= 4 is 45.6 Å². The molecule has 0 aliphatic rings. The van der Waals surface area contributed by atoms with E-state index in [1.165, 1.54) is 23.6 Å². The predicted octanol–water partition coefficient (Wildman–Crippen LogP) is 2.33. The van der Waals surface area contributed by atoms with Gasteiger partial charge in [-0.3, -0.25) is 4.79 Å². The van der Waals surface area contributed by atoms with E-state index in [0.29, 0.717) is 5.69 Å². The third-order valence-electron chi connectivity index (χ3n) is 2.22. The number of carbonyl (C=O) groups is 2. The van der Waals surface area contributed by atoms with Crippen molar-refractivity contribution in [3.63, 3.8) is 0 Å². The van der Waals surface area contributed by atoms with E-state index in [1.54, 1.807) is 0 Å². The largest absolute Gasteiger partial charge is 0.478 e. The van der Waals surface area contributed by atoms with Crippen molar-refractivity contribution in [1.29, 1.82) is 0 Å². The summed E-state index contributed by atoms with van der Waals surface area (Å²) in [5.41, 5.74) is 5.96. The van der Waals surface area contributed by atoms with Gasteiger partial charge in [-0.1, -0.05) is 11.6 Å². The van der Waals surface area contributed by atoms with Crippen LogP contribution in [0.3, 0.4) is 0 Å². The summed E-state index contributed by atoms with van der Waals surface area (Å²) in [6, 6.07) is 4.02. The first-order valence-corrected chi connectivity index (χ1v) is 6.28. The maximum Gasteiger partial charge on any atom is 0.335 e. The van der Waals surface area contributed by atoms with Crippen LogP contribution in [0.5, 0.6) is 0 Å². The molecule has 0 fully saturated rings. The summed E-state index contributed by atoms with van der Waals surface area (Å²) < 4.78 is 0. The first kappa shape index (κ1) is 13.3. The summed E-state index contributed by atoms with van der Waals surface area (Å²) in [4.78, 5) is 26.4. The highest BCUT2D eigenvalue weighted by molar-refractivity contribution is 7.13. The molecule has 98 valence electrons. The second-order valence-electron chi connectivity index (χ2n) is 3.52. The zero-order valence-corrected chi connectivity index (χ0v) is 11.0. The highest BCUT2D eigenvalue weighted by Gasteiger charge is 2.13. The molecule has 0 atom stereocenters. The van der Waals surface area contributed by atoms with E-state index < -0.39 is 11.9 Å². The van der Waals surface area contributed by atoms with E-state index in [-0.39, 0.29) is 21.4 Å². The normalized spacial score (nSPS) is 10.2. The fourth-order valence-electron chi connectivity index (χ4n) is 1.33. The number of aromatic carboxylic acids is 1. The van der Waals surface area contributed by atoms with Gasteiger partial charge in [0.15, 0.2) is 5.13 Å². The molecule has 1 heterocycles. The van der Waals surface area contributed by atoms with Gasteiger partial charge in [0.1, 0.15) is 5.69 Å². The van der Waals surface area contributed by atoms with Gasteiger partial charge in [-0.2, -0.15) is 0 Å². The number of thiazole rings is 1. The van der Waals surface area contributed by atoms with Crippen molar-refractivity contribution < 1.29 is 14.7 Å². The maximum absolute atomic E-state index is 11.8. The molecule has 2 aromatic rings. The second-order valence-corrected chi connectivity index (χ2v) is 4.82. The monoisotopic (exact) mass is 297 g/mol. The van der Waals surface area contributed by atoms with E-state index in [2.05, 4.69) is 10.3 Å². The summed E-state index contributed by atoms with van der Waals surface area (Å²) in [6.07, 6.45) is 0. The van der Waals surface area contributed by atoms with E-state index in [4.69, 9.17) is 22.4 Å². The minimum atomic E-state index is -1.09. The molecule has 19 heavy (non-hydrogen) atoms. The van der Waals surface area contributed by atoms with Gasteiger partial charge >= 0.3 is 5.97 Å². The van der Waals surface area contributed by atoms with Crippen LogP contribution in [-0.2, 0) is 0 Å². The van der Waals surface area contributed by atoms with Crippen LogP contribution < -0.4 is 11.1 Å². The minimum Gasteiger partial charge on any atom is -0.478 e. The Morgan fingerprint density at radius 1 is 1.42 bits per heavy atom. The third-order valence-corrected chi connectivity index (χ3v) is 3.21. The molecule has 0 aliphatic carbocycles. The Morgan fingerprint density at radius 2 is 2.16 bits per heavy atom. The number of amides is 1. The van der Waals surface area contributed by atoms with Crippen LogP contribution in [0.1, 0.15) is 20.8 Å². The smallest absolute Gasteiger partial charge is 0.335 e. The third kappa shape index (κ3) is 3.01. The molecule has 2 rings (SSSR count). The molecule has 4 N–H and O–H groups in total. The number of aromatic nitrogens is 1. The Kier molecular flexibility index (Phi) is 3.68. The van der Waals surface area contributed by atoms with Gasteiger partial charge in [0, 0.05) is 5.38 Å². The molecule has 0 spiro atoms. The Labute approximate surface area is 116 Å². The van der Waals surface area contributed by atoms with E-state index in [0.717, 1.165) is 11.3 Å². The predicted molar refractivity (Wildman–Crippen MR) is 72.9 cm³/mol. The summed E-state index contributed by atoms with van der Waals surface area (Å²) >= 11 is 7.04. The zero-order valence-electron chi connectivity index (χ0n) is 9.38. The lowest BCUT2D eigenvalue weighted by atomic mass is 10.2. The fraction of sp³-hybridized carbons (Fsp3) is 0. The molecule has 6 nitrogen and oxygen atoms in total. The lowest BCUT2D eigenvalue weighted by molar-refractivity contribution is 0.0696. The number of carbonyl (C=O) groups excluding carboxylic acids is 1. The molecule has 0 saturated carbocycles. The van der Waals surface area contributed by atoms with Gasteiger partial charge in [-0.05, 0) is 18.2 Å². The molecule has 1 aromatic carbocycles. The molecule has 0 aliphatic heterocycles. The maximum atomic E-state index is 11.8. The van der Waals surface area contributed by atoms with E-state index in [9.17, 15) is 9.59 Å². The number of nitrogens with two attached hydrogens (primary N) is 1. The van der Waals surface area contributed by atoms with Crippen molar-refractivity contribution in [2.75, 3.05) is 11.1 Å². The van der Waals surface area contributed by atoms with Gasteiger partial charge in [0.05, 0.1) is 16.3 Å². The molecule has 1 aromatic heterocycles. The van der Waals surface area contributed by atoms with Gasteiger partial charge in [-0.15, -0.1) is 11.3 Å². The molecular weight excluding hydrogens is 290 g/mol. The molecule has 0 saturated heterocycles. The lowest BCUT2D eigenvalue weighted by Crippen LogP contribution is -2.13. The minimum absolute atomic E-state index is 0.0425. The number of rotatable bonds is 3. The van der Waals surface area contributed by atoms with Crippen LogP contribution >= 0.6 is 22.9 Å². The molecule has 8 heteroatoms. The number of hydrogen-bond donors (Lipinski definition) is 3. The SMILES string of the molecule is Nc1nc(C(=O)Nc2ccc(C(=O)O)cc2Cl)cs1. The summed E-state index contributed by atoms with van der Waals surface area (Å²) in [7, 11) is 0. The highest BCUT2D eigenvalue weighted by Crippen LogP contribution is 2.24. The fourth-order valence-corrected chi connectivity index (χ4v) is 2.10. The Hall–Kier alpha value is -2.12. The number of nitrogen functional groups attached to an aromatic ring is 1. The van der Waals surface area contributed by atoms with E-state index >= 15 is 0 Å². The van der Waals surface area contributed by atoms with Gasteiger partial charge in [-0.25, -0.2) is 9.78 Å². The number of nitrogens with one attached hydrogen (secondary N) is 1. The van der Waals surface area contributed by atoms with Crippen LogP contribution in [0.2, 0.25) is 5.02 Å². The Bertz CT molecular complexity index is 656. The number of carboxylic acid groups (broad SMARTS) is 1. The van der Waals surface area contributed by atoms with Gasteiger partial charge in [0.25, 0.3) is 5.91 Å². The first-order chi connectivity index (χ1) is 8.97. The molecular formula is C11H8ClN3O3S.